The number of rotatable bonds is 4. The van der Waals surface area contributed by atoms with Crippen molar-refractivity contribution in [1.82, 2.24) is 0 Å². The molecule has 1 rings (SSSR count). The summed E-state index contributed by atoms with van der Waals surface area (Å²) in [4.78, 5) is 12.9. The summed E-state index contributed by atoms with van der Waals surface area (Å²) >= 11 is 0. The molecule has 1 aromatic rings. The Labute approximate surface area is 94.7 Å². The molecule has 0 aliphatic rings. The number of anilines is 2. The fourth-order valence-corrected chi connectivity index (χ4v) is 1.44. The zero-order valence-electron chi connectivity index (χ0n) is 9.47. The van der Waals surface area contributed by atoms with E-state index in [-0.39, 0.29) is 12.6 Å². The monoisotopic (exact) mass is 223 g/mol. The van der Waals surface area contributed by atoms with Crippen molar-refractivity contribution >= 4 is 17.3 Å². The number of para-hydroxylation sites is 1. The van der Waals surface area contributed by atoms with Crippen LogP contribution >= 0.6 is 0 Å². The SMILES string of the molecule is CC(CO)N(C)c1cccc(C(N)=O)c1N. The molecule has 0 saturated heterocycles. The minimum atomic E-state index is -0.551. The molecule has 0 fully saturated rings. The molecule has 0 saturated carbocycles. The lowest BCUT2D eigenvalue weighted by atomic mass is 10.1. The number of aliphatic hydroxyl groups excluding tert-OH is 1. The fraction of sp³-hybridized carbons (Fsp3) is 0.364. The summed E-state index contributed by atoms with van der Waals surface area (Å²) in [5.41, 5.74) is 12.4. The van der Waals surface area contributed by atoms with E-state index in [1.165, 1.54) is 0 Å². The number of carbonyl (C=O) groups excluding carboxylic acids is 1. The molecule has 0 aliphatic heterocycles. The van der Waals surface area contributed by atoms with Crippen LogP contribution in [0.15, 0.2) is 18.2 Å². The second kappa shape index (κ2) is 4.85. The van der Waals surface area contributed by atoms with Gasteiger partial charge in [-0.1, -0.05) is 6.07 Å². The Balaban J connectivity index is 3.15. The van der Waals surface area contributed by atoms with E-state index in [1.807, 2.05) is 11.8 Å². The summed E-state index contributed by atoms with van der Waals surface area (Å²) in [5.74, 6) is -0.551. The lowest BCUT2D eigenvalue weighted by Crippen LogP contribution is -2.32. The highest BCUT2D eigenvalue weighted by Gasteiger charge is 2.15. The third-order valence-electron chi connectivity index (χ3n) is 2.65. The fourth-order valence-electron chi connectivity index (χ4n) is 1.44. The number of amides is 1. The predicted octanol–water partition coefficient (Wildman–Crippen LogP) is 0.185. The first kappa shape index (κ1) is 12.3. The topological polar surface area (TPSA) is 92.6 Å². The van der Waals surface area contributed by atoms with Gasteiger partial charge in [0, 0.05) is 13.1 Å². The summed E-state index contributed by atoms with van der Waals surface area (Å²) < 4.78 is 0. The molecule has 0 bridgehead atoms. The molecular weight excluding hydrogens is 206 g/mol. The number of nitrogens with two attached hydrogens (primary N) is 2. The third kappa shape index (κ3) is 2.25. The van der Waals surface area contributed by atoms with Crippen molar-refractivity contribution < 1.29 is 9.90 Å². The van der Waals surface area contributed by atoms with E-state index in [9.17, 15) is 4.79 Å². The maximum Gasteiger partial charge on any atom is 0.250 e. The van der Waals surface area contributed by atoms with Crippen LogP contribution in [-0.4, -0.2) is 30.7 Å². The number of primary amides is 1. The van der Waals surface area contributed by atoms with Gasteiger partial charge >= 0.3 is 0 Å². The molecule has 0 aromatic heterocycles. The lowest BCUT2D eigenvalue weighted by Gasteiger charge is -2.27. The van der Waals surface area contributed by atoms with Crippen LogP contribution < -0.4 is 16.4 Å². The van der Waals surface area contributed by atoms with E-state index in [0.29, 0.717) is 16.9 Å². The quantitative estimate of drug-likeness (QED) is 0.635. The van der Waals surface area contributed by atoms with Gasteiger partial charge in [-0.2, -0.15) is 0 Å². The van der Waals surface area contributed by atoms with E-state index in [0.717, 1.165) is 0 Å². The highest BCUT2D eigenvalue weighted by atomic mass is 16.3. The molecule has 88 valence electrons. The Morgan fingerprint density at radius 3 is 2.69 bits per heavy atom. The van der Waals surface area contributed by atoms with Gasteiger partial charge in [-0.05, 0) is 19.1 Å². The number of hydrogen-bond donors (Lipinski definition) is 3. The molecule has 0 radical (unpaired) electrons. The van der Waals surface area contributed by atoms with E-state index in [2.05, 4.69) is 0 Å². The van der Waals surface area contributed by atoms with E-state index in [1.54, 1.807) is 25.2 Å². The largest absolute Gasteiger partial charge is 0.396 e. The lowest BCUT2D eigenvalue weighted by molar-refractivity contribution is 0.100. The molecule has 1 atom stereocenters. The Kier molecular flexibility index (Phi) is 3.73. The zero-order chi connectivity index (χ0) is 12.3. The summed E-state index contributed by atoms with van der Waals surface area (Å²) in [6.45, 7) is 1.87. The number of nitrogens with zero attached hydrogens (tertiary/aromatic N) is 1. The minimum Gasteiger partial charge on any atom is -0.396 e. The Bertz CT molecular complexity index is 393. The van der Waals surface area contributed by atoms with E-state index in [4.69, 9.17) is 16.6 Å². The van der Waals surface area contributed by atoms with Crippen molar-refractivity contribution in [2.24, 2.45) is 5.73 Å². The summed E-state index contributed by atoms with van der Waals surface area (Å²) in [6, 6.07) is 5.00. The molecule has 0 heterocycles. The Morgan fingerprint density at radius 2 is 2.19 bits per heavy atom. The van der Waals surface area contributed by atoms with Gasteiger partial charge in [-0.25, -0.2) is 0 Å². The molecule has 5 nitrogen and oxygen atoms in total. The first-order valence-corrected chi connectivity index (χ1v) is 5.01. The molecule has 1 aromatic carbocycles. The minimum absolute atomic E-state index is 0.0107. The van der Waals surface area contributed by atoms with Crippen LogP contribution in [0.1, 0.15) is 17.3 Å². The van der Waals surface area contributed by atoms with Gasteiger partial charge < -0.3 is 21.5 Å². The highest BCUT2D eigenvalue weighted by Crippen LogP contribution is 2.26. The van der Waals surface area contributed by atoms with E-state index >= 15 is 0 Å². The molecule has 5 N–H and O–H groups in total. The van der Waals surface area contributed by atoms with E-state index < -0.39 is 5.91 Å². The number of hydrogen-bond acceptors (Lipinski definition) is 4. The standard InChI is InChI=1S/C11H17N3O2/c1-7(6-15)14(2)9-5-3-4-8(10(9)12)11(13)16/h3-5,7,15H,6,12H2,1-2H3,(H2,13,16). The first-order valence-electron chi connectivity index (χ1n) is 5.01. The second-order valence-electron chi connectivity index (χ2n) is 3.75. The van der Waals surface area contributed by atoms with Crippen molar-refractivity contribution in [3.8, 4) is 0 Å². The number of aliphatic hydroxyl groups is 1. The number of nitrogen functional groups attached to an aromatic ring is 1. The van der Waals surface area contributed by atoms with Crippen LogP contribution in [0, 0.1) is 0 Å². The van der Waals surface area contributed by atoms with Gasteiger partial charge in [-0.3, -0.25) is 4.79 Å². The van der Waals surface area contributed by atoms with Crippen molar-refractivity contribution in [1.29, 1.82) is 0 Å². The van der Waals surface area contributed by atoms with Crippen LogP contribution in [0.2, 0.25) is 0 Å². The van der Waals surface area contributed by atoms with Crippen LogP contribution in [0.5, 0.6) is 0 Å². The summed E-state index contributed by atoms with van der Waals surface area (Å²) in [6.07, 6.45) is 0. The summed E-state index contributed by atoms with van der Waals surface area (Å²) in [5, 5.41) is 9.06. The van der Waals surface area contributed by atoms with Crippen molar-refractivity contribution in [3.63, 3.8) is 0 Å². The summed E-state index contributed by atoms with van der Waals surface area (Å²) in [7, 11) is 1.80. The second-order valence-corrected chi connectivity index (χ2v) is 3.75. The van der Waals surface area contributed by atoms with Gasteiger partial charge in [0.15, 0.2) is 0 Å². The molecule has 1 unspecified atom stereocenters. The maximum atomic E-state index is 11.1. The maximum absolute atomic E-state index is 11.1. The average molecular weight is 223 g/mol. The number of likely N-dealkylation sites (N-methyl/N-ethyl adjacent to an activating group) is 1. The molecular formula is C11H17N3O2. The van der Waals surface area contributed by atoms with Crippen molar-refractivity contribution in [2.75, 3.05) is 24.3 Å². The van der Waals surface area contributed by atoms with Gasteiger partial charge in [0.2, 0.25) is 0 Å². The van der Waals surface area contributed by atoms with Crippen LogP contribution in [0.3, 0.4) is 0 Å². The normalized spacial score (nSPS) is 12.2. The first-order chi connectivity index (χ1) is 7.49. The van der Waals surface area contributed by atoms with Crippen molar-refractivity contribution in [2.45, 2.75) is 13.0 Å². The number of benzene rings is 1. The third-order valence-corrected chi connectivity index (χ3v) is 2.65. The molecule has 5 heteroatoms. The van der Waals surface area contributed by atoms with Gasteiger partial charge in [-0.15, -0.1) is 0 Å². The van der Waals surface area contributed by atoms with Crippen LogP contribution in [0.25, 0.3) is 0 Å². The van der Waals surface area contributed by atoms with Crippen molar-refractivity contribution in [3.05, 3.63) is 23.8 Å². The molecule has 0 aliphatic carbocycles. The Hall–Kier alpha value is -1.75. The smallest absolute Gasteiger partial charge is 0.250 e. The van der Waals surface area contributed by atoms with Crippen LogP contribution in [0.4, 0.5) is 11.4 Å². The van der Waals surface area contributed by atoms with Gasteiger partial charge in [0.1, 0.15) is 0 Å². The van der Waals surface area contributed by atoms with Gasteiger partial charge in [0.05, 0.1) is 23.5 Å². The van der Waals surface area contributed by atoms with Crippen LogP contribution in [-0.2, 0) is 0 Å². The number of carbonyl (C=O) groups is 1. The molecule has 0 spiro atoms. The molecule has 16 heavy (non-hydrogen) atoms. The predicted molar refractivity (Wildman–Crippen MR) is 64.3 cm³/mol. The Morgan fingerprint density at radius 1 is 1.56 bits per heavy atom. The molecule has 1 amide bonds. The highest BCUT2D eigenvalue weighted by molar-refractivity contribution is 6.00. The van der Waals surface area contributed by atoms with Gasteiger partial charge in [0.25, 0.3) is 5.91 Å². The zero-order valence-corrected chi connectivity index (χ0v) is 9.47. The average Bonchev–Trinajstić information content (AvgIpc) is 2.27.